The number of hydrogen-bond donors (Lipinski definition) is 2. The minimum atomic E-state index is -0.250. The molecule has 1 aliphatic heterocycles. The summed E-state index contributed by atoms with van der Waals surface area (Å²) in [5.41, 5.74) is 7.53. The molecule has 0 unspecified atom stereocenters. The van der Waals surface area contributed by atoms with Crippen LogP contribution in [0, 0.1) is 0 Å². The van der Waals surface area contributed by atoms with Crippen molar-refractivity contribution in [2.45, 2.75) is 13.0 Å². The predicted octanol–water partition coefficient (Wildman–Crippen LogP) is 0.151. The Morgan fingerprint density at radius 1 is 1.47 bits per heavy atom. The van der Waals surface area contributed by atoms with Crippen LogP contribution in [0.25, 0.3) is 11.0 Å². The molecular formula is C12H15N4O+. The molecule has 2 heterocycles. The van der Waals surface area contributed by atoms with Crippen molar-refractivity contribution in [1.29, 1.82) is 0 Å². The van der Waals surface area contributed by atoms with Gasteiger partial charge in [0.1, 0.15) is 17.6 Å². The van der Waals surface area contributed by atoms with E-state index in [-0.39, 0.29) is 5.91 Å². The molecule has 88 valence electrons. The van der Waals surface area contributed by atoms with Crippen molar-refractivity contribution in [3.8, 4) is 0 Å². The minimum Gasteiger partial charge on any atom is -0.370 e. The SMILES string of the molecule is NC(=O)CCN1CC[n+]2c1[nH]c1ccccc12. The first-order chi connectivity index (χ1) is 8.25. The molecule has 0 bridgehead atoms. The molecular weight excluding hydrogens is 216 g/mol. The highest BCUT2D eigenvalue weighted by Crippen LogP contribution is 2.19. The van der Waals surface area contributed by atoms with Gasteiger partial charge in [0.25, 0.3) is 0 Å². The van der Waals surface area contributed by atoms with Gasteiger partial charge in [0, 0.05) is 0 Å². The molecule has 5 nitrogen and oxygen atoms in total. The maximum atomic E-state index is 10.8. The molecule has 0 fully saturated rings. The summed E-state index contributed by atoms with van der Waals surface area (Å²) in [5.74, 6) is 0.826. The predicted molar refractivity (Wildman–Crippen MR) is 64.5 cm³/mol. The van der Waals surface area contributed by atoms with E-state index in [2.05, 4.69) is 26.6 Å². The van der Waals surface area contributed by atoms with E-state index in [9.17, 15) is 4.79 Å². The number of benzene rings is 1. The number of aromatic nitrogens is 2. The number of nitrogens with one attached hydrogen (secondary N) is 1. The van der Waals surface area contributed by atoms with Crippen LogP contribution in [0.1, 0.15) is 6.42 Å². The number of rotatable bonds is 3. The Bertz CT molecular complexity index is 575. The molecule has 17 heavy (non-hydrogen) atoms. The summed E-state index contributed by atoms with van der Waals surface area (Å²) in [7, 11) is 0. The standard InChI is InChI=1S/C12H14N4O/c13-11(17)5-6-15-7-8-16-10-4-2-1-3-9(10)14-12(15)16/h1-4H,5-8H2,(H2,13,17)/p+1. The number of amides is 1. The summed E-state index contributed by atoms with van der Waals surface area (Å²) in [5, 5.41) is 0. The highest BCUT2D eigenvalue weighted by Gasteiger charge is 2.30. The zero-order valence-corrected chi connectivity index (χ0v) is 9.52. The number of imidazole rings is 1. The van der Waals surface area contributed by atoms with E-state index in [0.717, 1.165) is 24.6 Å². The van der Waals surface area contributed by atoms with E-state index in [1.54, 1.807) is 0 Å². The van der Waals surface area contributed by atoms with Gasteiger partial charge in [-0.3, -0.25) is 9.69 Å². The van der Waals surface area contributed by atoms with Crippen molar-refractivity contribution in [2.75, 3.05) is 18.0 Å². The van der Waals surface area contributed by atoms with Crippen molar-refractivity contribution in [1.82, 2.24) is 4.98 Å². The van der Waals surface area contributed by atoms with Crippen LogP contribution in [0.5, 0.6) is 0 Å². The number of nitrogens with zero attached hydrogens (tertiary/aromatic N) is 2. The summed E-state index contributed by atoms with van der Waals surface area (Å²) in [6.07, 6.45) is 0.398. The zero-order valence-electron chi connectivity index (χ0n) is 9.52. The second kappa shape index (κ2) is 3.76. The summed E-state index contributed by atoms with van der Waals surface area (Å²) >= 11 is 0. The number of fused-ring (bicyclic) bond motifs is 3. The lowest BCUT2D eigenvalue weighted by Crippen LogP contribution is -2.30. The van der Waals surface area contributed by atoms with Crippen molar-refractivity contribution >= 4 is 22.9 Å². The topological polar surface area (TPSA) is 66.0 Å². The summed E-state index contributed by atoms with van der Waals surface area (Å²) in [4.78, 5) is 16.4. The Balaban J connectivity index is 1.94. The molecule has 5 heteroatoms. The highest BCUT2D eigenvalue weighted by atomic mass is 16.1. The first kappa shape index (κ1) is 10.1. The van der Waals surface area contributed by atoms with Crippen molar-refractivity contribution in [2.24, 2.45) is 5.73 Å². The molecule has 1 aromatic heterocycles. The van der Waals surface area contributed by atoms with Gasteiger partial charge >= 0.3 is 5.95 Å². The second-order valence-electron chi connectivity index (χ2n) is 4.32. The zero-order chi connectivity index (χ0) is 11.8. The first-order valence-corrected chi connectivity index (χ1v) is 5.79. The highest BCUT2D eigenvalue weighted by molar-refractivity contribution is 5.75. The maximum absolute atomic E-state index is 10.8. The number of H-pyrrole nitrogens is 1. The molecule has 3 N–H and O–H groups in total. The van der Waals surface area contributed by atoms with Gasteiger partial charge < -0.3 is 5.73 Å². The summed E-state index contributed by atoms with van der Waals surface area (Å²) in [6.45, 7) is 2.57. The van der Waals surface area contributed by atoms with Gasteiger partial charge in [0.05, 0.1) is 19.5 Å². The number of para-hydroxylation sites is 2. The Labute approximate surface area is 98.8 Å². The average molecular weight is 231 g/mol. The quantitative estimate of drug-likeness (QED) is 0.738. The molecule has 1 aliphatic rings. The van der Waals surface area contributed by atoms with E-state index < -0.39 is 0 Å². The summed E-state index contributed by atoms with van der Waals surface area (Å²) < 4.78 is 2.25. The normalized spacial score (nSPS) is 14.2. The van der Waals surface area contributed by atoms with E-state index in [1.165, 1.54) is 5.52 Å². The van der Waals surface area contributed by atoms with Gasteiger partial charge in [-0.25, -0.2) is 9.55 Å². The molecule has 1 aromatic carbocycles. The van der Waals surface area contributed by atoms with Crippen molar-refractivity contribution in [3.63, 3.8) is 0 Å². The van der Waals surface area contributed by atoms with Crippen molar-refractivity contribution < 1.29 is 9.36 Å². The Hall–Kier alpha value is -2.04. The van der Waals surface area contributed by atoms with Crippen LogP contribution >= 0.6 is 0 Å². The van der Waals surface area contributed by atoms with Gasteiger partial charge in [-0.05, 0) is 12.1 Å². The Morgan fingerprint density at radius 2 is 2.29 bits per heavy atom. The van der Waals surface area contributed by atoms with Gasteiger partial charge in [-0.2, -0.15) is 0 Å². The van der Waals surface area contributed by atoms with Crippen LogP contribution in [-0.2, 0) is 11.3 Å². The fraction of sp³-hybridized carbons (Fsp3) is 0.333. The number of nitrogens with two attached hydrogens (primary N) is 1. The number of hydrogen-bond acceptors (Lipinski definition) is 2. The van der Waals surface area contributed by atoms with E-state index in [0.29, 0.717) is 13.0 Å². The van der Waals surface area contributed by atoms with Gasteiger partial charge in [-0.1, -0.05) is 12.1 Å². The third-order valence-corrected chi connectivity index (χ3v) is 3.22. The third kappa shape index (κ3) is 1.63. The molecule has 0 aliphatic carbocycles. The molecule has 0 saturated carbocycles. The first-order valence-electron chi connectivity index (χ1n) is 5.79. The maximum Gasteiger partial charge on any atom is 0.358 e. The second-order valence-corrected chi connectivity index (χ2v) is 4.32. The largest absolute Gasteiger partial charge is 0.370 e. The molecule has 3 rings (SSSR count). The van der Waals surface area contributed by atoms with Crippen LogP contribution in [0.2, 0.25) is 0 Å². The average Bonchev–Trinajstić information content (AvgIpc) is 2.85. The lowest BCUT2D eigenvalue weighted by atomic mass is 10.3. The van der Waals surface area contributed by atoms with Gasteiger partial charge in [0.2, 0.25) is 5.91 Å². The van der Waals surface area contributed by atoms with E-state index >= 15 is 0 Å². The Morgan fingerprint density at radius 3 is 3.12 bits per heavy atom. The van der Waals surface area contributed by atoms with Crippen LogP contribution < -0.4 is 15.2 Å². The molecule has 0 atom stereocenters. The third-order valence-electron chi connectivity index (χ3n) is 3.22. The lowest BCUT2D eigenvalue weighted by Gasteiger charge is -2.07. The molecule has 2 aromatic rings. The van der Waals surface area contributed by atoms with Crippen molar-refractivity contribution in [3.05, 3.63) is 24.3 Å². The number of primary amides is 1. The van der Waals surface area contributed by atoms with Gasteiger partial charge in [0.15, 0.2) is 0 Å². The van der Waals surface area contributed by atoms with Gasteiger partial charge in [-0.15, -0.1) is 0 Å². The van der Waals surface area contributed by atoms with Crippen LogP contribution in [0.15, 0.2) is 24.3 Å². The van der Waals surface area contributed by atoms with Crippen LogP contribution in [-0.4, -0.2) is 24.0 Å². The van der Waals surface area contributed by atoms with E-state index in [4.69, 9.17) is 5.73 Å². The fourth-order valence-electron chi connectivity index (χ4n) is 2.38. The molecule has 1 amide bonds. The molecule has 0 saturated heterocycles. The molecule has 0 spiro atoms. The summed E-state index contributed by atoms with van der Waals surface area (Å²) in [6, 6.07) is 8.22. The van der Waals surface area contributed by atoms with E-state index in [1.807, 2.05) is 12.1 Å². The number of anilines is 1. The van der Waals surface area contributed by atoms with Crippen LogP contribution in [0.4, 0.5) is 5.95 Å². The monoisotopic (exact) mass is 231 g/mol. The molecule has 0 radical (unpaired) electrons. The Kier molecular flexibility index (Phi) is 2.24. The lowest BCUT2D eigenvalue weighted by molar-refractivity contribution is -0.644. The fourth-order valence-corrected chi connectivity index (χ4v) is 2.38. The number of aromatic amines is 1. The number of carbonyl (C=O) groups excluding carboxylic acids is 1. The van der Waals surface area contributed by atoms with Crippen LogP contribution in [0.3, 0.4) is 0 Å². The smallest absolute Gasteiger partial charge is 0.358 e. The number of carbonyl (C=O) groups is 1. The minimum absolute atomic E-state index is 0.250.